The van der Waals surface area contributed by atoms with Crippen molar-refractivity contribution in [2.24, 2.45) is 0 Å². The highest BCUT2D eigenvalue weighted by molar-refractivity contribution is 7.57. The summed E-state index contributed by atoms with van der Waals surface area (Å²) < 4.78 is 0. The van der Waals surface area contributed by atoms with E-state index in [0.29, 0.717) is 0 Å². The largest absolute Gasteiger partial charge is 0.103 e. The maximum atomic E-state index is 2.58. The van der Waals surface area contributed by atoms with Crippen LogP contribution in [-0.2, 0) is 18.5 Å². The van der Waals surface area contributed by atoms with E-state index in [2.05, 4.69) is 71.9 Å². The van der Waals surface area contributed by atoms with Crippen LogP contribution in [0.2, 0.25) is 0 Å². The maximum Gasteiger partial charge on any atom is -0.00702 e. The van der Waals surface area contributed by atoms with E-state index in [4.69, 9.17) is 0 Å². The molecule has 0 amide bonds. The van der Waals surface area contributed by atoms with E-state index in [9.17, 15) is 0 Å². The lowest BCUT2D eigenvalue weighted by molar-refractivity contribution is 1.23. The van der Waals surface area contributed by atoms with Crippen molar-refractivity contribution in [1.82, 2.24) is 0 Å². The lowest BCUT2D eigenvalue weighted by Gasteiger charge is -2.21. The Labute approximate surface area is 178 Å². The summed E-state index contributed by atoms with van der Waals surface area (Å²) in [4.78, 5) is 0. The van der Waals surface area contributed by atoms with Crippen LogP contribution in [0.1, 0.15) is 58.2 Å². The molecule has 3 heteroatoms. The highest BCUT2D eigenvalue weighted by atomic mass is 31.1. The predicted octanol–water partition coefficient (Wildman–Crippen LogP) is 8.90. The van der Waals surface area contributed by atoms with Gasteiger partial charge in [0.05, 0.1) is 0 Å². The minimum atomic E-state index is 0.146. The molecule has 0 bridgehead atoms. The smallest absolute Gasteiger partial charge is 0.00702 e. The van der Waals surface area contributed by atoms with Crippen LogP contribution in [0, 0.1) is 0 Å². The van der Waals surface area contributed by atoms with Gasteiger partial charge in [-0.25, -0.2) is 0 Å². The van der Waals surface area contributed by atoms with Crippen LogP contribution in [0.4, 0.5) is 0 Å². The Balaban J connectivity index is 2.42. The molecule has 0 saturated carbocycles. The highest BCUT2D eigenvalue weighted by Gasteiger charge is 2.14. The first-order valence-electron chi connectivity index (χ1n) is 11.3. The van der Waals surface area contributed by atoms with Crippen LogP contribution in [0.5, 0.6) is 0 Å². The molecule has 2 rings (SSSR count). The van der Waals surface area contributed by atoms with Gasteiger partial charge in [0, 0.05) is 0 Å². The molecule has 0 heterocycles. The molecular formula is C25H41P3. The van der Waals surface area contributed by atoms with E-state index in [1.54, 1.807) is 16.7 Å². The molecule has 0 N–H and O–H groups in total. The van der Waals surface area contributed by atoms with Gasteiger partial charge in [0.25, 0.3) is 0 Å². The fourth-order valence-electron chi connectivity index (χ4n) is 3.92. The highest BCUT2D eigenvalue weighted by Crippen LogP contribution is 2.45. The van der Waals surface area contributed by atoms with E-state index in [0.717, 1.165) is 0 Å². The van der Waals surface area contributed by atoms with Gasteiger partial charge in [0.1, 0.15) is 0 Å². The first-order chi connectivity index (χ1) is 13.6. The van der Waals surface area contributed by atoms with Crippen LogP contribution in [-0.4, -0.2) is 37.0 Å². The number of hydrogen-bond acceptors (Lipinski definition) is 0. The van der Waals surface area contributed by atoms with Crippen LogP contribution < -0.4 is 0 Å². The predicted molar refractivity (Wildman–Crippen MR) is 139 cm³/mol. The van der Waals surface area contributed by atoms with Crippen LogP contribution in [0.15, 0.2) is 30.3 Å². The van der Waals surface area contributed by atoms with Gasteiger partial charge in [0.15, 0.2) is 0 Å². The van der Waals surface area contributed by atoms with E-state index in [-0.39, 0.29) is 23.8 Å². The number of fused-ring (bicyclic) bond motifs is 1. The molecule has 28 heavy (non-hydrogen) atoms. The molecule has 0 unspecified atom stereocenters. The second-order valence-electron chi connectivity index (χ2n) is 7.69. The van der Waals surface area contributed by atoms with Crippen molar-refractivity contribution >= 4 is 34.5 Å². The maximum absolute atomic E-state index is 2.58. The Kier molecular flexibility index (Phi) is 10.9. The van der Waals surface area contributed by atoms with E-state index in [1.807, 2.05) is 0 Å². The molecule has 156 valence electrons. The summed E-state index contributed by atoms with van der Waals surface area (Å²) in [6, 6.07) is 12.4. The van der Waals surface area contributed by atoms with Crippen molar-refractivity contribution in [2.75, 3.05) is 37.0 Å². The Bertz CT molecular complexity index is 713. The number of hydrogen-bond donors (Lipinski definition) is 0. The van der Waals surface area contributed by atoms with Gasteiger partial charge >= 0.3 is 0 Å². The second kappa shape index (κ2) is 12.6. The van der Waals surface area contributed by atoms with Gasteiger partial charge in [-0.2, -0.15) is 0 Å². The van der Waals surface area contributed by atoms with Gasteiger partial charge in [-0.3, -0.25) is 0 Å². The van der Waals surface area contributed by atoms with Crippen LogP contribution >= 0.6 is 23.8 Å². The molecular weight excluding hydrogens is 393 g/mol. The van der Waals surface area contributed by atoms with E-state index in [1.165, 1.54) is 66.2 Å². The molecule has 2 aromatic rings. The first kappa shape index (κ1) is 24.3. The molecule has 0 radical (unpaired) electrons. The zero-order valence-corrected chi connectivity index (χ0v) is 21.8. The van der Waals surface area contributed by atoms with Gasteiger partial charge in [-0.1, -0.05) is 71.9 Å². The Morgan fingerprint density at radius 2 is 0.929 bits per heavy atom. The monoisotopic (exact) mass is 434 g/mol. The number of rotatable bonds is 12. The Morgan fingerprint density at radius 1 is 0.500 bits per heavy atom. The van der Waals surface area contributed by atoms with Crippen molar-refractivity contribution in [1.29, 1.82) is 0 Å². The van der Waals surface area contributed by atoms with Crippen molar-refractivity contribution in [3.63, 3.8) is 0 Å². The third-order valence-electron chi connectivity index (χ3n) is 6.10. The molecule has 0 atom stereocenters. The van der Waals surface area contributed by atoms with Crippen molar-refractivity contribution in [2.45, 2.75) is 60.0 Å². The summed E-state index contributed by atoms with van der Waals surface area (Å²) in [6.07, 6.45) is 12.1. The van der Waals surface area contributed by atoms with Gasteiger partial charge in [-0.15, -0.1) is 23.8 Å². The summed E-state index contributed by atoms with van der Waals surface area (Å²) in [5.74, 6) is 0. The standard InChI is InChI=1S/C25H41P3/c1-7-26(8-2)18-21-13-14-22-16-24(19-27(9-3)10-4)25(17-23(22)15-21)20-28(11-5)12-6/h13-17H,7-12,18-20H2,1-6H3. The van der Waals surface area contributed by atoms with Crippen molar-refractivity contribution in [3.05, 3.63) is 47.0 Å². The third kappa shape index (κ3) is 6.76. The summed E-state index contributed by atoms with van der Waals surface area (Å²) in [7, 11) is 0.464. The van der Waals surface area contributed by atoms with Crippen molar-refractivity contribution in [3.8, 4) is 0 Å². The normalized spacial score (nSPS) is 12.0. The lowest BCUT2D eigenvalue weighted by Crippen LogP contribution is -1.99. The van der Waals surface area contributed by atoms with Crippen LogP contribution in [0.25, 0.3) is 10.8 Å². The molecule has 0 aliphatic rings. The quantitative estimate of drug-likeness (QED) is 0.293. The van der Waals surface area contributed by atoms with Gasteiger partial charge < -0.3 is 0 Å². The van der Waals surface area contributed by atoms with Crippen LogP contribution in [0.3, 0.4) is 0 Å². The summed E-state index contributed by atoms with van der Waals surface area (Å²) in [5.41, 5.74) is 4.88. The van der Waals surface area contributed by atoms with E-state index < -0.39 is 0 Å². The van der Waals surface area contributed by atoms with Gasteiger partial charge in [-0.05, 0) is 82.9 Å². The molecule has 0 fully saturated rings. The molecule has 0 aliphatic carbocycles. The summed E-state index contributed by atoms with van der Waals surface area (Å²) in [6.45, 7) is 14.3. The zero-order chi connectivity index (χ0) is 20.5. The molecule has 0 aromatic heterocycles. The fraction of sp³-hybridized carbons (Fsp3) is 0.600. The van der Waals surface area contributed by atoms with Gasteiger partial charge in [0.2, 0.25) is 0 Å². The van der Waals surface area contributed by atoms with Crippen molar-refractivity contribution < 1.29 is 0 Å². The Hall–Kier alpha value is -0.0100. The lowest BCUT2D eigenvalue weighted by atomic mass is 10.0. The molecule has 0 aliphatic heterocycles. The fourth-order valence-corrected chi connectivity index (χ4v) is 8.86. The molecule has 0 spiro atoms. The minimum Gasteiger partial charge on any atom is -0.103 e. The first-order valence-corrected chi connectivity index (χ1v) is 17.0. The molecule has 0 nitrogen and oxygen atoms in total. The number of benzene rings is 2. The van der Waals surface area contributed by atoms with E-state index >= 15 is 0 Å². The average molecular weight is 435 g/mol. The molecule has 2 aromatic carbocycles. The SMILES string of the molecule is CCP(CC)Cc1ccc2cc(CP(CC)CC)c(CP(CC)CC)cc2c1. The Morgan fingerprint density at radius 3 is 1.39 bits per heavy atom. The third-order valence-corrected chi connectivity index (χ3v) is 13.9. The topological polar surface area (TPSA) is 0 Å². The zero-order valence-electron chi connectivity index (χ0n) is 19.1. The summed E-state index contributed by atoms with van der Waals surface area (Å²) >= 11 is 0. The summed E-state index contributed by atoms with van der Waals surface area (Å²) in [5, 5.41) is 2.94. The average Bonchev–Trinajstić information content (AvgIpc) is 2.73. The molecule has 0 saturated heterocycles. The second-order valence-corrected chi connectivity index (χ2v) is 16.5. The minimum absolute atomic E-state index is 0.146.